The number of amides is 2. The van der Waals surface area contributed by atoms with E-state index in [1.807, 2.05) is 0 Å². The molecule has 0 saturated heterocycles. The normalized spacial score (nSPS) is 14.6. The van der Waals surface area contributed by atoms with E-state index in [2.05, 4.69) is 20.6 Å². The van der Waals surface area contributed by atoms with E-state index in [1.165, 1.54) is 24.4 Å². The smallest absolute Gasteiger partial charge is 0.352 e. The largest absolute Gasteiger partial charge is 0.416 e. The van der Waals surface area contributed by atoms with Gasteiger partial charge in [-0.1, -0.05) is 26.0 Å². The summed E-state index contributed by atoms with van der Waals surface area (Å²) < 4.78 is 65.7. The Morgan fingerprint density at radius 2 is 1.74 bits per heavy atom. The van der Waals surface area contributed by atoms with Gasteiger partial charge in [-0.2, -0.15) is 13.2 Å². The topological polar surface area (TPSA) is 83.5 Å². The van der Waals surface area contributed by atoms with Gasteiger partial charge in [0, 0.05) is 29.6 Å². The molecule has 2 N–H and O–H groups in total. The molecule has 1 atom stereocenters. The molecule has 2 aromatic carbocycles. The van der Waals surface area contributed by atoms with Crippen LogP contribution in [0.15, 0.2) is 59.7 Å². The third-order valence-corrected chi connectivity index (χ3v) is 5.90. The van der Waals surface area contributed by atoms with Gasteiger partial charge in [0.25, 0.3) is 12.3 Å². The molecule has 0 aliphatic carbocycles. The van der Waals surface area contributed by atoms with Crippen LogP contribution in [0.1, 0.15) is 59.1 Å². The van der Waals surface area contributed by atoms with Crippen molar-refractivity contribution in [1.29, 1.82) is 0 Å². The second-order valence-electron chi connectivity index (χ2n) is 9.04. The summed E-state index contributed by atoms with van der Waals surface area (Å²) in [6.45, 7) is 3.44. The molecule has 0 bridgehead atoms. The van der Waals surface area contributed by atoms with Crippen LogP contribution in [0.25, 0.3) is 6.08 Å². The summed E-state index contributed by atoms with van der Waals surface area (Å²) >= 11 is 0. The summed E-state index contributed by atoms with van der Waals surface area (Å²) in [5.41, 5.74) is -0.514. The predicted octanol–water partition coefficient (Wildman–Crippen LogP) is 4.72. The van der Waals surface area contributed by atoms with Crippen molar-refractivity contribution in [2.24, 2.45) is 10.9 Å². The zero-order valence-electron chi connectivity index (χ0n) is 20.3. The molecule has 3 aromatic rings. The summed E-state index contributed by atoms with van der Waals surface area (Å²) in [4.78, 5) is 33.0. The van der Waals surface area contributed by atoms with Crippen LogP contribution in [0.2, 0.25) is 0 Å². The lowest BCUT2D eigenvalue weighted by atomic mass is 10.0. The molecule has 4 rings (SSSR count). The summed E-state index contributed by atoms with van der Waals surface area (Å²) in [5.74, 6) is -1.31. The standard InChI is InChI=1S/C27H23F5N4O2/c1-14(2)25(37)34-13-15-9-20(23(24(28)29)33-12-15)26(38)35-19-7-8-21-17(10-19)11-22(36-21)16-3-5-18(6-4-16)27(30,31)32/h3-12,14,22,24H,13H2,1-2H3,(H,34,37)(H,35,38). The Hall–Kier alpha value is -4.15. The first-order chi connectivity index (χ1) is 17.9. The highest BCUT2D eigenvalue weighted by atomic mass is 19.4. The molecule has 1 aromatic heterocycles. The van der Waals surface area contributed by atoms with Crippen LogP contribution in [0, 0.1) is 5.92 Å². The van der Waals surface area contributed by atoms with E-state index in [1.54, 1.807) is 38.1 Å². The number of pyridine rings is 1. The molecule has 0 radical (unpaired) electrons. The van der Waals surface area contributed by atoms with Crippen LogP contribution in [0.5, 0.6) is 0 Å². The highest BCUT2D eigenvalue weighted by molar-refractivity contribution is 6.05. The number of hydrogen-bond acceptors (Lipinski definition) is 4. The van der Waals surface area contributed by atoms with Crippen LogP contribution in [-0.2, 0) is 17.5 Å². The summed E-state index contributed by atoms with van der Waals surface area (Å²) in [7, 11) is 0. The SMILES string of the molecule is CC(C)C(=O)NCc1cnc(C(F)F)c(C(=O)Nc2ccc3c(c2)=CC(c2ccc(C(F)(F)F)cc2)N=3)c1. The van der Waals surface area contributed by atoms with Crippen molar-refractivity contribution >= 4 is 23.6 Å². The number of rotatable bonds is 7. The minimum Gasteiger partial charge on any atom is -0.352 e. The van der Waals surface area contributed by atoms with Gasteiger partial charge in [-0.15, -0.1) is 0 Å². The maximum absolute atomic E-state index is 13.6. The number of nitrogens with zero attached hydrogens (tertiary/aromatic N) is 2. The van der Waals surface area contributed by atoms with E-state index in [4.69, 9.17) is 0 Å². The molecule has 198 valence electrons. The fourth-order valence-electron chi connectivity index (χ4n) is 3.84. The number of carbonyl (C=O) groups excluding carboxylic acids is 2. The summed E-state index contributed by atoms with van der Waals surface area (Å²) in [6, 6.07) is 10.2. The average Bonchev–Trinajstić information content (AvgIpc) is 3.30. The van der Waals surface area contributed by atoms with Crippen molar-refractivity contribution in [3.63, 3.8) is 0 Å². The average molecular weight is 530 g/mol. The molecular weight excluding hydrogens is 507 g/mol. The highest BCUT2D eigenvalue weighted by Gasteiger charge is 2.30. The minimum absolute atomic E-state index is 0.0223. The van der Waals surface area contributed by atoms with Gasteiger partial charge in [-0.25, -0.2) is 8.78 Å². The van der Waals surface area contributed by atoms with Crippen LogP contribution < -0.4 is 21.2 Å². The van der Waals surface area contributed by atoms with Crippen LogP contribution in [0.4, 0.5) is 27.6 Å². The van der Waals surface area contributed by atoms with Crippen molar-refractivity contribution in [3.05, 3.63) is 93.3 Å². The number of alkyl halides is 5. The summed E-state index contributed by atoms with van der Waals surface area (Å²) in [6.07, 6.45) is -4.51. The molecule has 1 unspecified atom stereocenters. The molecule has 11 heteroatoms. The highest BCUT2D eigenvalue weighted by Crippen LogP contribution is 2.31. The third-order valence-electron chi connectivity index (χ3n) is 5.90. The van der Waals surface area contributed by atoms with E-state index in [9.17, 15) is 31.5 Å². The number of fused-ring (bicyclic) bond motifs is 1. The van der Waals surface area contributed by atoms with Crippen molar-refractivity contribution in [2.75, 3.05) is 5.32 Å². The molecule has 38 heavy (non-hydrogen) atoms. The lowest BCUT2D eigenvalue weighted by Gasteiger charge is -2.12. The number of carbonyl (C=O) groups is 2. The van der Waals surface area contributed by atoms with E-state index < -0.39 is 35.8 Å². The second-order valence-corrected chi connectivity index (χ2v) is 9.04. The molecule has 6 nitrogen and oxygen atoms in total. The zero-order valence-corrected chi connectivity index (χ0v) is 20.3. The van der Waals surface area contributed by atoms with E-state index in [-0.39, 0.29) is 23.9 Å². The number of hydrogen-bond donors (Lipinski definition) is 2. The maximum Gasteiger partial charge on any atom is 0.416 e. The molecule has 0 saturated carbocycles. The van der Waals surface area contributed by atoms with Gasteiger partial charge < -0.3 is 10.6 Å². The predicted molar refractivity (Wildman–Crippen MR) is 130 cm³/mol. The minimum atomic E-state index is -4.44. The van der Waals surface area contributed by atoms with Gasteiger partial charge in [0.1, 0.15) is 5.69 Å². The number of anilines is 1. The monoisotopic (exact) mass is 530 g/mol. The van der Waals surface area contributed by atoms with Gasteiger partial charge in [-0.3, -0.25) is 19.6 Å². The molecule has 1 aliphatic heterocycles. The van der Waals surface area contributed by atoms with Gasteiger partial charge in [-0.05, 0) is 53.6 Å². The Bertz CT molecular complexity index is 1480. The molecule has 2 amide bonds. The van der Waals surface area contributed by atoms with Crippen molar-refractivity contribution in [1.82, 2.24) is 10.3 Å². The number of benzene rings is 2. The fourth-order valence-corrected chi connectivity index (χ4v) is 3.84. The summed E-state index contributed by atoms with van der Waals surface area (Å²) in [5, 5.41) is 6.44. The Morgan fingerprint density at radius 1 is 1.03 bits per heavy atom. The first kappa shape index (κ1) is 26.9. The van der Waals surface area contributed by atoms with E-state index >= 15 is 0 Å². The van der Waals surface area contributed by atoms with Gasteiger partial charge in [0.05, 0.1) is 22.5 Å². The van der Waals surface area contributed by atoms with Gasteiger partial charge in [0.15, 0.2) is 0 Å². The Kier molecular flexibility index (Phi) is 7.56. The van der Waals surface area contributed by atoms with Crippen molar-refractivity contribution < 1.29 is 31.5 Å². The molecular formula is C27H23F5N4O2. The zero-order chi connectivity index (χ0) is 27.6. The second kappa shape index (κ2) is 10.7. The lowest BCUT2D eigenvalue weighted by molar-refractivity contribution is -0.137. The van der Waals surface area contributed by atoms with E-state index in [0.717, 1.165) is 12.1 Å². The number of nitrogens with one attached hydrogen (secondary N) is 2. The first-order valence-electron chi connectivity index (χ1n) is 11.7. The number of aromatic nitrogens is 1. The molecule has 0 spiro atoms. The molecule has 0 fully saturated rings. The van der Waals surface area contributed by atoms with E-state index in [0.29, 0.717) is 27.4 Å². The van der Waals surface area contributed by atoms with Crippen LogP contribution in [0.3, 0.4) is 0 Å². The maximum atomic E-state index is 13.6. The van der Waals surface area contributed by atoms with Gasteiger partial charge in [0.2, 0.25) is 5.91 Å². The Balaban J connectivity index is 1.54. The van der Waals surface area contributed by atoms with Crippen molar-refractivity contribution in [2.45, 2.75) is 39.0 Å². The first-order valence-corrected chi connectivity index (χ1v) is 11.7. The van der Waals surface area contributed by atoms with Crippen LogP contribution in [-0.4, -0.2) is 16.8 Å². The molecule has 2 heterocycles. The fraction of sp³-hybridized carbons (Fsp3) is 0.259. The number of halogens is 5. The Morgan fingerprint density at radius 3 is 2.37 bits per heavy atom. The third kappa shape index (κ3) is 6.04. The van der Waals surface area contributed by atoms with Crippen molar-refractivity contribution in [3.8, 4) is 0 Å². The quantitative estimate of drug-likeness (QED) is 0.434. The van der Waals surface area contributed by atoms with Gasteiger partial charge >= 0.3 is 6.18 Å². The molecule has 1 aliphatic rings. The Labute approximate surface area is 214 Å². The lowest BCUT2D eigenvalue weighted by Crippen LogP contribution is -2.27. The van der Waals surface area contributed by atoms with Crippen LogP contribution >= 0.6 is 0 Å².